The van der Waals surface area contributed by atoms with Gasteiger partial charge in [0.1, 0.15) is 0 Å². The van der Waals surface area contributed by atoms with Gasteiger partial charge in [0, 0.05) is 17.3 Å². The summed E-state index contributed by atoms with van der Waals surface area (Å²) in [6, 6.07) is 3.68. The van der Waals surface area contributed by atoms with E-state index in [2.05, 4.69) is 32.3 Å². The van der Waals surface area contributed by atoms with E-state index in [0.717, 1.165) is 35.4 Å². The summed E-state index contributed by atoms with van der Waals surface area (Å²) in [5.41, 5.74) is 12.6. The Hall–Kier alpha value is -2.12. The Morgan fingerprint density at radius 3 is 2.96 bits per heavy atom. The van der Waals surface area contributed by atoms with Crippen molar-refractivity contribution in [2.45, 2.75) is 25.7 Å². The molecular weight excluding hydrogens is 334 g/mol. The molecule has 8 heteroatoms. The molecule has 122 valence electrons. The Bertz CT molecular complexity index is 797. The van der Waals surface area contributed by atoms with Crippen LogP contribution in [0, 0.1) is 12.3 Å². The van der Waals surface area contributed by atoms with Gasteiger partial charge in [0.15, 0.2) is 0 Å². The summed E-state index contributed by atoms with van der Waals surface area (Å²) in [7, 11) is 0. The van der Waals surface area contributed by atoms with Crippen molar-refractivity contribution in [2.75, 3.05) is 0 Å². The number of nitrogens with two attached hydrogens (primary N) is 1. The molecule has 3 rings (SSSR count). The number of H-pyrrole nitrogens is 1. The number of hydrogen-bond acceptors (Lipinski definition) is 4. The lowest BCUT2D eigenvalue weighted by molar-refractivity contribution is 0.675. The predicted octanol–water partition coefficient (Wildman–Crippen LogP) is 2.08. The Labute approximate surface area is 143 Å². The van der Waals surface area contributed by atoms with Crippen molar-refractivity contribution in [1.82, 2.24) is 10.4 Å². The minimum atomic E-state index is -0.200. The number of halogens is 1. The lowest BCUT2D eigenvalue weighted by Crippen LogP contribution is -2.30. The lowest BCUT2D eigenvalue weighted by Gasteiger charge is -2.26. The summed E-state index contributed by atoms with van der Waals surface area (Å²) in [4.78, 5) is 14.7. The topological polar surface area (TPSA) is 107 Å². The van der Waals surface area contributed by atoms with Gasteiger partial charge in [0.05, 0.1) is 5.71 Å². The molecule has 2 aromatic heterocycles. The summed E-state index contributed by atoms with van der Waals surface area (Å²) in [5.74, 6) is 0.0671. The molecule has 1 aliphatic rings. The Morgan fingerprint density at radius 1 is 1.52 bits per heavy atom. The molecular formula is C15H18ClN5OS. The van der Waals surface area contributed by atoms with Crippen LogP contribution in [0.5, 0.6) is 0 Å². The molecule has 1 aliphatic carbocycles. The predicted molar refractivity (Wildman–Crippen MR) is 96.0 cm³/mol. The second-order valence-electron chi connectivity index (χ2n) is 5.42. The van der Waals surface area contributed by atoms with E-state index >= 15 is 0 Å². The van der Waals surface area contributed by atoms with Gasteiger partial charge >= 0.3 is 0 Å². The van der Waals surface area contributed by atoms with Crippen LogP contribution < -0.4 is 16.7 Å². The molecule has 23 heavy (non-hydrogen) atoms. The van der Waals surface area contributed by atoms with Crippen molar-refractivity contribution in [1.29, 1.82) is 5.41 Å². The number of pyridine rings is 1. The molecule has 0 radical (unpaired) electrons. The molecule has 0 aliphatic heterocycles. The summed E-state index contributed by atoms with van der Waals surface area (Å²) in [6.07, 6.45) is 1.53. The molecule has 5 N–H and O–H groups in total. The SMILES string of the molecule is Cc1cc(=O)[nH]c2c1/C(=N\NC(=N)N)CC(c1ccsc1)C2.Cl. The highest BCUT2D eigenvalue weighted by Gasteiger charge is 2.27. The number of hydrazone groups is 1. The lowest BCUT2D eigenvalue weighted by atomic mass is 9.81. The number of aryl methyl sites for hydroxylation is 1. The van der Waals surface area contributed by atoms with Gasteiger partial charge in [0.25, 0.3) is 0 Å². The standard InChI is InChI=1S/C15H17N5OS.ClH/c1-8-4-13(21)18-11-5-10(9-2-3-22-7-9)6-12(14(8)11)19-20-15(16)17;/h2-4,7,10H,5-6H2,1H3,(H,18,21)(H4,16,17,20);1H/b19-12-;. The first kappa shape index (κ1) is 17.2. The molecule has 0 bridgehead atoms. The van der Waals surface area contributed by atoms with Crippen molar-refractivity contribution in [2.24, 2.45) is 10.8 Å². The Kier molecular flexibility index (Phi) is 5.23. The van der Waals surface area contributed by atoms with Crippen molar-refractivity contribution in [3.8, 4) is 0 Å². The van der Waals surface area contributed by atoms with Crippen molar-refractivity contribution < 1.29 is 0 Å². The minimum Gasteiger partial charge on any atom is -0.369 e. The normalized spacial score (nSPS) is 18.1. The van der Waals surface area contributed by atoms with Crippen LogP contribution in [0.25, 0.3) is 0 Å². The van der Waals surface area contributed by atoms with Crippen LogP contribution in [-0.2, 0) is 6.42 Å². The summed E-state index contributed by atoms with van der Waals surface area (Å²) < 4.78 is 0. The quantitative estimate of drug-likeness (QED) is 0.378. The van der Waals surface area contributed by atoms with Crippen LogP contribution in [0.1, 0.15) is 34.7 Å². The molecule has 0 fully saturated rings. The van der Waals surface area contributed by atoms with Gasteiger partial charge in [-0.25, -0.2) is 5.43 Å². The first-order chi connectivity index (χ1) is 10.5. The number of aromatic nitrogens is 1. The largest absolute Gasteiger partial charge is 0.369 e. The Morgan fingerprint density at radius 2 is 2.30 bits per heavy atom. The van der Waals surface area contributed by atoms with Gasteiger partial charge in [-0.05, 0) is 53.6 Å². The van der Waals surface area contributed by atoms with E-state index in [9.17, 15) is 4.79 Å². The smallest absolute Gasteiger partial charge is 0.248 e. The molecule has 0 aromatic carbocycles. The van der Waals surface area contributed by atoms with E-state index in [1.165, 1.54) is 5.56 Å². The number of guanidine groups is 1. The minimum absolute atomic E-state index is 0. The third-order valence-corrected chi connectivity index (χ3v) is 4.52. The average Bonchev–Trinajstić information content (AvgIpc) is 2.97. The van der Waals surface area contributed by atoms with Crippen molar-refractivity contribution in [3.63, 3.8) is 0 Å². The monoisotopic (exact) mass is 351 g/mol. The second kappa shape index (κ2) is 6.97. The molecule has 0 saturated heterocycles. The third-order valence-electron chi connectivity index (χ3n) is 3.82. The number of hydrogen-bond donors (Lipinski definition) is 4. The molecule has 1 unspecified atom stereocenters. The number of nitrogens with zero attached hydrogens (tertiary/aromatic N) is 1. The van der Waals surface area contributed by atoms with Gasteiger partial charge in [-0.15, -0.1) is 12.4 Å². The number of nitrogens with one attached hydrogen (secondary N) is 3. The average molecular weight is 352 g/mol. The maximum Gasteiger partial charge on any atom is 0.248 e. The zero-order valence-electron chi connectivity index (χ0n) is 12.6. The second-order valence-corrected chi connectivity index (χ2v) is 6.20. The van der Waals surface area contributed by atoms with Crippen LogP contribution in [0.2, 0.25) is 0 Å². The fraction of sp³-hybridized carbons (Fsp3) is 0.267. The zero-order valence-corrected chi connectivity index (χ0v) is 14.2. The summed E-state index contributed by atoms with van der Waals surface area (Å²) in [5, 5.41) is 15.7. The van der Waals surface area contributed by atoms with Crippen molar-refractivity contribution >= 4 is 35.4 Å². The van der Waals surface area contributed by atoms with Crippen LogP contribution >= 0.6 is 23.7 Å². The van der Waals surface area contributed by atoms with E-state index in [-0.39, 0.29) is 29.8 Å². The molecule has 0 amide bonds. The third kappa shape index (κ3) is 3.62. The van der Waals surface area contributed by atoms with Crippen LogP contribution in [0.3, 0.4) is 0 Å². The highest BCUT2D eigenvalue weighted by molar-refractivity contribution is 7.08. The van der Waals surface area contributed by atoms with Gasteiger partial charge in [-0.2, -0.15) is 16.4 Å². The van der Waals surface area contributed by atoms with E-state index in [4.69, 9.17) is 11.1 Å². The molecule has 6 nitrogen and oxygen atoms in total. The van der Waals surface area contributed by atoms with Gasteiger partial charge < -0.3 is 10.7 Å². The van der Waals surface area contributed by atoms with Crippen LogP contribution in [-0.4, -0.2) is 16.7 Å². The molecule has 1 atom stereocenters. The first-order valence-corrected chi connectivity index (χ1v) is 7.90. The molecule has 2 aromatic rings. The Balaban J connectivity index is 0.00000192. The van der Waals surface area contributed by atoms with Gasteiger partial charge in [-0.1, -0.05) is 0 Å². The fourth-order valence-electron chi connectivity index (χ4n) is 2.94. The zero-order chi connectivity index (χ0) is 15.7. The van der Waals surface area contributed by atoms with E-state index in [0.29, 0.717) is 0 Å². The number of fused-ring (bicyclic) bond motifs is 1. The van der Waals surface area contributed by atoms with Crippen molar-refractivity contribution in [3.05, 3.63) is 55.6 Å². The highest BCUT2D eigenvalue weighted by atomic mass is 35.5. The maximum absolute atomic E-state index is 11.8. The van der Waals surface area contributed by atoms with Crippen LogP contribution in [0.4, 0.5) is 0 Å². The molecule has 0 saturated carbocycles. The fourth-order valence-corrected chi connectivity index (χ4v) is 3.68. The van der Waals surface area contributed by atoms with E-state index in [1.807, 2.05) is 6.92 Å². The van der Waals surface area contributed by atoms with Crippen LogP contribution in [0.15, 0.2) is 32.8 Å². The highest BCUT2D eigenvalue weighted by Crippen LogP contribution is 2.33. The van der Waals surface area contributed by atoms with Gasteiger partial charge in [0.2, 0.25) is 11.5 Å². The number of rotatable bonds is 2. The number of aromatic amines is 1. The maximum atomic E-state index is 11.8. The number of thiophene rings is 1. The molecule has 2 heterocycles. The molecule has 0 spiro atoms. The summed E-state index contributed by atoms with van der Waals surface area (Å²) >= 11 is 1.66. The summed E-state index contributed by atoms with van der Waals surface area (Å²) in [6.45, 7) is 1.91. The first-order valence-electron chi connectivity index (χ1n) is 6.96. The van der Waals surface area contributed by atoms with E-state index < -0.39 is 0 Å². The van der Waals surface area contributed by atoms with Gasteiger partial charge in [-0.3, -0.25) is 10.2 Å². The van der Waals surface area contributed by atoms with E-state index in [1.54, 1.807) is 17.4 Å².